The summed E-state index contributed by atoms with van der Waals surface area (Å²) >= 11 is 6.14. The number of hydrogen-bond acceptors (Lipinski definition) is 3. The van der Waals surface area contributed by atoms with Gasteiger partial charge in [-0.3, -0.25) is 4.79 Å². The van der Waals surface area contributed by atoms with Gasteiger partial charge in [0.1, 0.15) is 11.3 Å². The van der Waals surface area contributed by atoms with E-state index in [0.717, 1.165) is 16.6 Å². The molecule has 0 atom stereocenters. The van der Waals surface area contributed by atoms with E-state index in [2.05, 4.69) is 4.98 Å². The molecule has 0 aliphatic rings. The molecule has 0 saturated heterocycles. The Labute approximate surface area is 121 Å². The van der Waals surface area contributed by atoms with Crippen LogP contribution in [-0.4, -0.2) is 10.8 Å². The number of Topliss-reactive ketones (excluding diaryl/α,β-unsaturated/α-hetero) is 1. The first-order valence-electron chi connectivity index (χ1n) is 6.27. The molecule has 0 fully saturated rings. The number of benzene rings is 2. The molecule has 0 N–H and O–H groups in total. The summed E-state index contributed by atoms with van der Waals surface area (Å²) in [6.45, 7) is 1.57. The van der Waals surface area contributed by atoms with Gasteiger partial charge in [-0.25, -0.2) is 4.98 Å². The van der Waals surface area contributed by atoms with Crippen molar-refractivity contribution in [2.45, 2.75) is 13.3 Å². The van der Waals surface area contributed by atoms with Crippen LogP contribution in [-0.2, 0) is 11.2 Å². The fourth-order valence-electron chi connectivity index (χ4n) is 2.12. The number of hydrogen-bond donors (Lipinski definition) is 0. The van der Waals surface area contributed by atoms with Crippen molar-refractivity contribution in [1.29, 1.82) is 0 Å². The van der Waals surface area contributed by atoms with E-state index in [-0.39, 0.29) is 5.78 Å². The summed E-state index contributed by atoms with van der Waals surface area (Å²) in [5.41, 5.74) is 3.11. The maximum Gasteiger partial charge on any atom is 0.228 e. The Balaban J connectivity index is 2.07. The summed E-state index contributed by atoms with van der Waals surface area (Å²) in [5.74, 6) is 0.612. The van der Waals surface area contributed by atoms with Gasteiger partial charge in [0.05, 0.1) is 10.6 Å². The van der Waals surface area contributed by atoms with Gasteiger partial charge in [0.25, 0.3) is 0 Å². The lowest BCUT2D eigenvalue weighted by molar-refractivity contribution is -0.116. The highest BCUT2D eigenvalue weighted by molar-refractivity contribution is 6.33. The zero-order valence-corrected chi connectivity index (χ0v) is 11.6. The minimum Gasteiger partial charge on any atom is -0.436 e. The van der Waals surface area contributed by atoms with Crippen LogP contribution in [0.25, 0.3) is 22.6 Å². The zero-order chi connectivity index (χ0) is 14.1. The molecule has 0 aliphatic heterocycles. The normalized spacial score (nSPS) is 10.9. The molecule has 4 heteroatoms. The first-order chi connectivity index (χ1) is 9.63. The zero-order valence-electron chi connectivity index (χ0n) is 10.9. The molecule has 100 valence electrons. The van der Waals surface area contributed by atoms with Gasteiger partial charge in [0, 0.05) is 6.42 Å². The lowest BCUT2D eigenvalue weighted by atomic mass is 10.1. The third-order valence-corrected chi connectivity index (χ3v) is 3.34. The van der Waals surface area contributed by atoms with Gasteiger partial charge in [-0.05, 0) is 36.8 Å². The molecule has 0 amide bonds. The summed E-state index contributed by atoms with van der Waals surface area (Å²) in [6.07, 6.45) is 0.401. The predicted octanol–water partition coefficient (Wildman–Crippen LogP) is 4.28. The Morgan fingerprint density at radius 2 is 2.05 bits per heavy atom. The monoisotopic (exact) mass is 285 g/mol. The molecule has 3 aromatic rings. The second kappa shape index (κ2) is 5.10. The highest BCUT2D eigenvalue weighted by atomic mass is 35.5. The Hall–Kier alpha value is -2.13. The molecule has 1 heterocycles. The predicted molar refractivity (Wildman–Crippen MR) is 78.8 cm³/mol. The number of aromatic nitrogens is 1. The quantitative estimate of drug-likeness (QED) is 0.721. The van der Waals surface area contributed by atoms with Crippen LogP contribution in [0.3, 0.4) is 0 Å². The number of halogens is 1. The fourth-order valence-corrected chi connectivity index (χ4v) is 2.33. The molecule has 2 aromatic carbocycles. The van der Waals surface area contributed by atoms with E-state index in [1.165, 1.54) is 0 Å². The largest absolute Gasteiger partial charge is 0.436 e. The van der Waals surface area contributed by atoms with Crippen molar-refractivity contribution in [3.8, 4) is 11.5 Å². The molecular weight excluding hydrogens is 274 g/mol. The third-order valence-electron chi connectivity index (χ3n) is 3.01. The van der Waals surface area contributed by atoms with Crippen LogP contribution < -0.4 is 0 Å². The molecule has 3 nitrogen and oxygen atoms in total. The van der Waals surface area contributed by atoms with E-state index >= 15 is 0 Å². The molecule has 1 aromatic heterocycles. The van der Waals surface area contributed by atoms with E-state index in [9.17, 15) is 4.79 Å². The molecule has 0 spiro atoms. The smallest absolute Gasteiger partial charge is 0.228 e. The lowest BCUT2D eigenvalue weighted by Crippen LogP contribution is -1.95. The number of carbonyl (C=O) groups excluding carboxylic acids is 1. The van der Waals surface area contributed by atoms with Crippen LogP contribution in [0.1, 0.15) is 12.5 Å². The van der Waals surface area contributed by atoms with Crippen LogP contribution in [0.5, 0.6) is 0 Å². The van der Waals surface area contributed by atoms with E-state index in [1.54, 1.807) is 13.0 Å². The number of fused-ring (bicyclic) bond motifs is 1. The third kappa shape index (κ3) is 2.45. The molecule has 3 rings (SSSR count). The van der Waals surface area contributed by atoms with Crippen molar-refractivity contribution in [1.82, 2.24) is 4.98 Å². The number of nitrogens with zero attached hydrogens (tertiary/aromatic N) is 1. The van der Waals surface area contributed by atoms with Gasteiger partial charge >= 0.3 is 0 Å². The van der Waals surface area contributed by atoms with Crippen LogP contribution in [0.4, 0.5) is 0 Å². The van der Waals surface area contributed by atoms with Gasteiger partial charge in [-0.1, -0.05) is 29.8 Å². The van der Waals surface area contributed by atoms with Gasteiger partial charge in [0.15, 0.2) is 5.58 Å². The van der Waals surface area contributed by atoms with Crippen molar-refractivity contribution >= 4 is 28.5 Å². The molecular formula is C16H12ClNO2. The van der Waals surface area contributed by atoms with Crippen molar-refractivity contribution < 1.29 is 9.21 Å². The number of ketones is 1. The first kappa shape index (κ1) is 12.9. The van der Waals surface area contributed by atoms with Crippen LogP contribution >= 0.6 is 11.6 Å². The SMILES string of the molecule is CC(=O)Cc1ccc2nc(-c3ccccc3Cl)oc2c1. The van der Waals surface area contributed by atoms with E-state index in [4.69, 9.17) is 16.0 Å². The van der Waals surface area contributed by atoms with Gasteiger partial charge < -0.3 is 4.42 Å². The van der Waals surface area contributed by atoms with E-state index < -0.39 is 0 Å². The number of oxazole rings is 1. The summed E-state index contributed by atoms with van der Waals surface area (Å²) in [4.78, 5) is 15.6. The minimum absolute atomic E-state index is 0.121. The van der Waals surface area contributed by atoms with Crippen molar-refractivity contribution in [2.24, 2.45) is 0 Å². The van der Waals surface area contributed by atoms with Gasteiger partial charge in [-0.2, -0.15) is 0 Å². The molecule has 20 heavy (non-hydrogen) atoms. The van der Waals surface area contributed by atoms with E-state index in [1.807, 2.05) is 36.4 Å². The highest BCUT2D eigenvalue weighted by Gasteiger charge is 2.11. The lowest BCUT2D eigenvalue weighted by Gasteiger charge is -1.97. The highest BCUT2D eigenvalue weighted by Crippen LogP contribution is 2.30. The molecule has 0 aliphatic carbocycles. The second-order valence-corrected chi connectivity index (χ2v) is 5.09. The van der Waals surface area contributed by atoms with Crippen molar-refractivity contribution in [2.75, 3.05) is 0 Å². The summed E-state index contributed by atoms with van der Waals surface area (Å²) in [5, 5.41) is 0.600. The Bertz CT molecular complexity index is 792. The Morgan fingerprint density at radius 3 is 2.80 bits per heavy atom. The maximum absolute atomic E-state index is 11.2. The Kier molecular flexibility index (Phi) is 3.28. The van der Waals surface area contributed by atoms with E-state index in [0.29, 0.717) is 22.9 Å². The summed E-state index contributed by atoms with van der Waals surface area (Å²) in [7, 11) is 0. The van der Waals surface area contributed by atoms with Crippen LogP contribution in [0.2, 0.25) is 5.02 Å². The standard InChI is InChI=1S/C16H12ClNO2/c1-10(19)8-11-6-7-14-15(9-11)20-16(18-14)12-4-2-3-5-13(12)17/h2-7,9H,8H2,1H3. The molecule has 0 radical (unpaired) electrons. The summed E-state index contributed by atoms with van der Waals surface area (Å²) < 4.78 is 5.75. The second-order valence-electron chi connectivity index (χ2n) is 4.68. The van der Waals surface area contributed by atoms with Crippen LogP contribution in [0.15, 0.2) is 46.9 Å². The van der Waals surface area contributed by atoms with Crippen molar-refractivity contribution in [3.63, 3.8) is 0 Å². The molecule has 0 bridgehead atoms. The maximum atomic E-state index is 11.2. The topological polar surface area (TPSA) is 43.1 Å². The average Bonchev–Trinajstić information content (AvgIpc) is 2.81. The molecule has 0 unspecified atom stereocenters. The summed E-state index contributed by atoms with van der Waals surface area (Å²) in [6, 6.07) is 13.0. The first-order valence-corrected chi connectivity index (χ1v) is 6.65. The number of carbonyl (C=O) groups is 1. The van der Waals surface area contributed by atoms with Gasteiger partial charge in [0.2, 0.25) is 5.89 Å². The Morgan fingerprint density at radius 1 is 1.25 bits per heavy atom. The fraction of sp³-hybridized carbons (Fsp3) is 0.125. The van der Waals surface area contributed by atoms with Gasteiger partial charge in [-0.15, -0.1) is 0 Å². The van der Waals surface area contributed by atoms with Crippen LogP contribution in [0, 0.1) is 0 Å². The average molecular weight is 286 g/mol. The van der Waals surface area contributed by atoms with Crippen molar-refractivity contribution in [3.05, 3.63) is 53.1 Å². The molecule has 0 saturated carbocycles. The minimum atomic E-state index is 0.121. The number of rotatable bonds is 3.